The van der Waals surface area contributed by atoms with Crippen LogP contribution in [0, 0.1) is 5.82 Å². The lowest BCUT2D eigenvalue weighted by Gasteiger charge is -2.10. The van der Waals surface area contributed by atoms with Gasteiger partial charge in [0.1, 0.15) is 5.82 Å². The molecule has 0 bridgehead atoms. The first-order chi connectivity index (χ1) is 6.24. The van der Waals surface area contributed by atoms with Gasteiger partial charge in [0.05, 0.1) is 0 Å². The monoisotopic (exact) mass is 182 g/mol. The average molecular weight is 182 g/mol. The molecular weight excluding hydrogens is 167 g/mol. The first kappa shape index (κ1) is 10.2. The highest BCUT2D eigenvalue weighted by atomic mass is 19.1. The third kappa shape index (κ3) is 3.13. The van der Waals surface area contributed by atoms with Crippen LogP contribution in [0.2, 0.25) is 0 Å². The summed E-state index contributed by atoms with van der Waals surface area (Å²) in [7, 11) is 1.83. The summed E-state index contributed by atoms with van der Waals surface area (Å²) >= 11 is 0. The topological polar surface area (TPSA) is 38.0 Å². The van der Waals surface area contributed by atoms with Gasteiger partial charge < -0.3 is 11.1 Å². The Bertz CT molecular complexity index is 263. The van der Waals surface area contributed by atoms with Crippen LogP contribution < -0.4 is 11.1 Å². The van der Waals surface area contributed by atoms with Gasteiger partial charge in [-0.05, 0) is 25.1 Å². The molecule has 1 unspecified atom stereocenters. The highest BCUT2D eigenvalue weighted by Crippen LogP contribution is 2.07. The van der Waals surface area contributed by atoms with E-state index in [0.29, 0.717) is 18.5 Å². The van der Waals surface area contributed by atoms with E-state index < -0.39 is 0 Å². The minimum Gasteiger partial charge on any atom is -0.326 e. The Labute approximate surface area is 77.9 Å². The van der Waals surface area contributed by atoms with Gasteiger partial charge in [0.15, 0.2) is 0 Å². The number of nitrogens with one attached hydrogen (secondary N) is 1. The molecule has 0 radical (unpaired) electrons. The highest BCUT2D eigenvalue weighted by Gasteiger charge is 2.05. The molecule has 0 aliphatic heterocycles. The Hall–Kier alpha value is -0.930. The van der Waals surface area contributed by atoms with Crippen LogP contribution in [-0.2, 0) is 6.42 Å². The van der Waals surface area contributed by atoms with Crippen molar-refractivity contribution in [2.24, 2.45) is 5.73 Å². The van der Waals surface area contributed by atoms with Gasteiger partial charge in [-0.15, -0.1) is 0 Å². The van der Waals surface area contributed by atoms with Gasteiger partial charge in [0.25, 0.3) is 0 Å². The smallest absolute Gasteiger partial charge is 0.126 e. The maximum Gasteiger partial charge on any atom is 0.126 e. The molecule has 1 atom stereocenters. The number of halogens is 1. The maximum absolute atomic E-state index is 13.1. The summed E-state index contributed by atoms with van der Waals surface area (Å²) in [6.07, 6.45) is 0.577. The van der Waals surface area contributed by atoms with E-state index in [2.05, 4.69) is 5.32 Å². The van der Waals surface area contributed by atoms with Crippen molar-refractivity contribution in [2.75, 3.05) is 13.6 Å². The first-order valence-electron chi connectivity index (χ1n) is 4.37. The van der Waals surface area contributed by atoms with Crippen LogP contribution in [0.1, 0.15) is 5.56 Å². The predicted octanol–water partition coefficient (Wildman–Crippen LogP) is 0.915. The lowest BCUT2D eigenvalue weighted by molar-refractivity contribution is 0.570. The second-order valence-corrected chi connectivity index (χ2v) is 3.11. The molecule has 0 amide bonds. The summed E-state index contributed by atoms with van der Waals surface area (Å²) in [5.41, 5.74) is 6.44. The largest absolute Gasteiger partial charge is 0.326 e. The third-order valence-electron chi connectivity index (χ3n) is 1.91. The van der Waals surface area contributed by atoms with E-state index in [-0.39, 0.29) is 11.9 Å². The van der Waals surface area contributed by atoms with E-state index >= 15 is 0 Å². The zero-order chi connectivity index (χ0) is 9.68. The first-order valence-corrected chi connectivity index (χ1v) is 4.37. The highest BCUT2D eigenvalue weighted by molar-refractivity contribution is 5.18. The van der Waals surface area contributed by atoms with Crippen LogP contribution in [0.5, 0.6) is 0 Å². The Morgan fingerprint density at radius 1 is 1.46 bits per heavy atom. The van der Waals surface area contributed by atoms with Gasteiger partial charge in [-0.1, -0.05) is 18.2 Å². The summed E-state index contributed by atoms with van der Waals surface area (Å²) in [5.74, 6) is -0.172. The van der Waals surface area contributed by atoms with E-state index in [1.807, 2.05) is 13.1 Å². The van der Waals surface area contributed by atoms with Crippen LogP contribution in [0.15, 0.2) is 24.3 Å². The molecule has 0 heterocycles. The fourth-order valence-corrected chi connectivity index (χ4v) is 1.28. The number of rotatable bonds is 4. The Morgan fingerprint density at radius 3 is 2.77 bits per heavy atom. The molecule has 0 spiro atoms. The van der Waals surface area contributed by atoms with Crippen LogP contribution in [0.4, 0.5) is 4.39 Å². The van der Waals surface area contributed by atoms with Crippen molar-refractivity contribution in [3.8, 4) is 0 Å². The number of hydrogen-bond donors (Lipinski definition) is 2. The quantitative estimate of drug-likeness (QED) is 0.726. The van der Waals surface area contributed by atoms with Crippen molar-refractivity contribution in [1.29, 1.82) is 0 Å². The normalized spacial score (nSPS) is 12.8. The van der Waals surface area contributed by atoms with Crippen LogP contribution in [0.25, 0.3) is 0 Å². The predicted molar refractivity (Wildman–Crippen MR) is 52.0 cm³/mol. The molecule has 72 valence electrons. The minimum atomic E-state index is -0.172. The summed E-state index contributed by atoms with van der Waals surface area (Å²) < 4.78 is 13.1. The standard InChI is InChI=1S/C10H15FN2/c1-13-7-9(12)6-8-4-2-3-5-10(8)11/h2-5,9,13H,6-7,12H2,1H3. The van der Waals surface area contributed by atoms with Gasteiger partial charge in [0.2, 0.25) is 0 Å². The SMILES string of the molecule is CNCC(N)Cc1ccccc1F. The van der Waals surface area contributed by atoms with Crippen molar-refractivity contribution in [3.05, 3.63) is 35.6 Å². The molecule has 3 N–H and O–H groups in total. The molecular formula is C10H15FN2. The van der Waals surface area contributed by atoms with Crippen molar-refractivity contribution < 1.29 is 4.39 Å². The van der Waals surface area contributed by atoms with E-state index in [1.165, 1.54) is 6.07 Å². The Balaban J connectivity index is 2.58. The molecule has 0 aromatic heterocycles. The van der Waals surface area contributed by atoms with Crippen LogP contribution in [0.3, 0.4) is 0 Å². The molecule has 0 aliphatic carbocycles. The summed E-state index contributed by atoms with van der Waals surface area (Å²) in [6, 6.07) is 6.71. The van der Waals surface area contributed by atoms with Crippen molar-refractivity contribution in [2.45, 2.75) is 12.5 Å². The van der Waals surface area contributed by atoms with Crippen LogP contribution in [-0.4, -0.2) is 19.6 Å². The van der Waals surface area contributed by atoms with Gasteiger partial charge in [0, 0.05) is 12.6 Å². The molecule has 1 aromatic rings. The molecule has 0 fully saturated rings. The Morgan fingerprint density at radius 2 is 2.15 bits per heavy atom. The summed E-state index contributed by atoms with van der Waals surface area (Å²) in [5, 5.41) is 2.96. The molecule has 1 rings (SSSR count). The third-order valence-corrected chi connectivity index (χ3v) is 1.91. The molecule has 0 saturated carbocycles. The second kappa shape index (κ2) is 4.94. The van der Waals surface area contributed by atoms with Crippen molar-refractivity contribution in [3.63, 3.8) is 0 Å². The molecule has 13 heavy (non-hydrogen) atoms. The minimum absolute atomic E-state index is 0.0260. The van der Waals surface area contributed by atoms with Crippen LogP contribution >= 0.6 is 0 Å². The molecule has 1 aromatic carbocycles. The van der Waals surface area contributed by atoms with E-state index in [1.54, 1.807) is 12.1 Å². The number of likely N-dealkylation sites (N-methyl/N-ethyl adjacent to an activating group) is 1. The Kier molecular flexibility index (Phi) is 3.86. The number of hydrogen-bond acceptors (Lipinski definition) is 2. The maximum atomic E-state index is 13.1. The lowest BCUT2D eigenvalue weighted by atomic mass is 10.1. The van der Waals surface area contributed by atoms with Gasteiger partial charge in [-0.3, -0.25) is 0 Å². The fourth-order valence-electron chi connectivity index (χ4n) is 1.28. The summed E-state index contributed by atoms with van der Waals surface area (Å²) in [4.78, 5) is 0. The van der Waals surface area contributed by atoms with Gasteiger partial charge >= 0.3 is 0 Å². The molecule has 0 aliphatic rings. The van der Waals surface area contributed by atoms with E-state index in [0.717, 1.165) is 0 Å². The van der Waals surface area contributed by atoms with Crippen molar-refractivity contribution >= 4 is 0 Å². The van der Waals surface area contributed by atoms with Gasteiger partial charge in [-0.25, -0.2) is 4.39 Å². The summed E-state index contributed by atoms with van der Waals surface area (Å²) in [6.45, 7) is 0.703. The van der Waals surface area contributed by atoms with E-state index in [4.69, 9.17) is 5.73 Å². The molecule has 3 heteroatoms. The number of benzene rings is 1. The molecule has 2 nitrogen and oxygen atoms in total. The lowest BCUT2D eigenvalue weighted by Crippen LogP contribution is -2.33. The fraction of sp³-hybridized carbons (Fsp3) is 0.400. The van der Waals surface area contributed by atoms with E-state index in [9.17, 15) is 4.39 Å². The average Bonchev–Trinajstić information content (AvgIpc) is 2.09. The van der Waals surface area contributed by atoms with Gasteiger partial charge in [-0.2, -0.15) is 0 Å². The molecule has 0 saturated heterocycles. The number of nitrogens with two attached hydrogens (primary N) is 1. The zero-order valence-corrected chi connectivity index (χ0v) is 7.76. The zero-order valence-electron chi connectivity index (χ0n) is 7.76. The van der Waals surface area contributed by atoms with Crippen molar-refractivity contribution in [1.82, 2.24) is 5.32 Å². The second-order valence-electron chi connectivity index (χ2n) is 3.11.